The first-order chi connectivity index (χ1) is 13.1. The topological polar surface area (TPSA) is 35.6 Å². The smallest absolute Gasteiger partial charge is 0.251 e. The molecule has 2 aromatic rings. The van der Waals surface area contributed by atoms with Crippen LogP contribution in [0.5, 0.6) is 0 Å². The molecule has 0 radical (unpaired) electrons. The van der Waals surface area contributed by atoms with Gasteiger partial charge in [0.05, 0.1) is 11.4 Å². The Hall–Kier alpha value is -1.98. The van der Waals surface area contributed by atoms with Gasteiger partial charge in [-0.2, -0.15) is 0 Å². The summed E-state index contributed by atoms with van der Waals surface area (Å²) in [4.78, 5) is 19.7. The van der Waals surface area contributed by atoms with Gasteiger partial charge in [-0.15, -0.1) is 0 Å². The highest BCUT2D eigenvalue weighted by molar-refractivity contribution is 7.99. The summed E-state index contributed by atoms with van der Waals surface area (Å²) in [7, 11) is 0. The molecule has 0 aliphatic carbocycles. The van der Waals surface area contributed by atoms with Gasteiger partial charge in [0.25, 0.3) is 5.91 Å². The van der Waals surface area contributed by atoms with Crippen LogP contribution in [0.4, 0.5) is 11.4 Å². The van der Waals surface area contributed by atoms with Gasteiger partial charge in [-0.3, -0.25) is 4.79 Å². The van der Waals surface area contributed by atoms with E-state index in [9.17, 15) is 4.79 Å². The lowest BCUT2D eigenvalue weighted by Gasteiger charge is -2.39. The third kappa shape index (κ3) is 4.14. The molecule has 5 heteroatoms. The predicted molar refractivity (Wildman–Crippen MR) is 114 cm³/mol. The first-order valence-electron chi connectivity index (χ1n) is 9.79. The molecule has 1 aliphatic heterocycles. The summed E-state index contributed by atoms with van der Waals surface area (Å²) >= 11 is 1.78. The van der Waals surface area contributed by atoms with Gasteiger partial charge in [0.1, 0.15) is 0 Å². The zero-order chi connectivity index (χ0) is 19.4. The van der Waals surface area contributed by atoms with Crippen LogP contribution < -0.4 is 10.2 Å². The fraction of sp³-hybridized carbons (Fsp3) is 0.409. The number of nitrogens with one attached hydrogen (secondary N) is 1. The normalized spacial score (nSPS) is 13.9. The second-order valence-electron chi connectivity index (χ2n) is 6.82. The average Bonchev–Trinajstić information content (AvgIpc) is 2.69. The number of fused-ring (bicyclic) bond motifs is 2. The van der Waals surface area contributed by atoms with E-state index in [-0.39, 0.29) is 5.91 Å². The van der Waals surface area contributed by atoms with Crippen molar-refractivity contribution in [1.82, 2.24) is 10.2 Å². The maximum Gasteiger partial charge on any atom is 0.251 e. The molecule has 2 aromatic carbocycles. The van der Waals surface area contributed by atoms with Crippen LogP contribution >= 0.6 is 11.8 Å². The number of hydrogen-bond acceptors (Lipinski definition) is 4. The minimum absolute atomic E-state index is 0.0134. The van der Waals surface area contributed by atoms with Crippen molar-refractivity contribution in [3.05, 3.63) is 48.0 Å². The van der Waals surface area contributed by atoms with Gasteiger partial charge in [0.15, 0.2) is 0 Å². The Morgan fingerprint density at radius 3 is 2.48 bits per heavy atom. The Labute approximate surface area is 166 Å². The third-order valence-corrected chi connectivity index (χ3v) is 6.15. The van der Waals surface area contributed by atoms with Crippen LogP contribution in [0, 0.1) is 0 Å². The molecule has 1 aliphatic rings. The quantitative estimate of drug-likeness (QED) is 0.747. The number of amides is 1. The monoisotopic (exact) mass is 383 g/mol. The second-order valence-corrected chi connectivity index (χ2v) is 7.90. The highest BCUT2D eigenvalue weighted by Crippen LogP contribution is 2.49. The fourth-order valence-electron chi connectivity index (χ4n) is 3.60. The molecule has 27 heavy (non-hydrogen) atoms. The van der Waals surface area contributed by atoms with Crippen LogP contribution in [-0.2, 0) is 0 Å². The maximum atomic E-state index is 12.4. The Morgan fingerprint density at radius 2 is 1.78 bits per heavy atom. The summed E-state index contributed by atoms with van der Waals surface area (Å²) in [5.74, 6) is -0.0134. The van der Waals surface area contributed by atoms with E-state index in [1.165, 1.54) is 15.5 Å². The minimum atomic E-state index is -0.0134. The summed E-state index contributed by atoms with van der Waals surface area (Å²) in [5, 5.41) is 2.91. The van der Waals surface area contributed by atoms with Gasteiger partial charge in [-0.05, 0) is 57.3 Å². The summed E-state index contributed by atoms with van der Waals surface area (Å²) in [6.45, 7) is 12.3. The lowest BCUT2D eigenvalue weighted by atomic mass is 10.1. The van der Waals surface area contributed by atoms with E-state index in [2.05, 4.69) is 66.2 Å². The van der Waals surface area contributed by atoms with Gasteiger partial charge < -0.3 is 15.1 Å². The van der Waals surface area contributed by atoms with Crippen molar-refractivity contribution in [2.75, 3.05) is 31.1 Å². The molecule has 0 saturated heterocycles. The summed E-state index contributed by atoms with van der Waals surface area (Å²) < 4.78 is 0. The Balaban J connectivity index is 2.03. The van der Waals surface area contributed by atoms with E-state index in [0.29, 0.717) is 12.6 Å². The molecular weight excluding hydrogens is 354 g/mol. The van der Waals surface area contributed by atoms with Crippen molar-refractivity contribution in [3.8, 4) is 0 Å². The molecule has 0 spiro atoms. The SMILES string of the molecule is CCNC(=O)c1ccc2c(c1)N([C@H](C)CN(CC)CC)c1ccccc1S2. The van der Waals surface area contributed by atoms with E-state index in [0.717, 1.165) is 30.9 Å². The largest absolute Gasteiger partial charge is 0.352 e. The van der Waals surface area contributed by atoms with E-state index >= 15 is 0 Å². The number of nitrogens with zero attached hydrogens (tertiary/aromatic N) is 2. The van der Waals surface area contributed by atoms with Crippen molar-refractivity contribution in [3.63, 3.8) is 0 Å². The van der Waals surface area contributed by atoms with Gasteiger partial charge in [0.2, 0.25) is 0 Å². The Morgan fingerprint density at radius 1 is 1.07 bits per heavy atom. The Bertz CT molecular complexity index is 804. The molecular formula is C22H29N3OS. The van der Waals surface area contributed by atoms with Crippen molar-refractivity contribution in [2.24, 2.45) is 0 Å². The molecule has 1 heterocycles. The summed E-state index contributed by atoms with van der Waals surface area (Å²) in [6, 6.07) is 14.9. The van der Waals surface area contributed by atoms with Crippen LogP contribution in [0.3, 0.4) is 0 Å². The van der Waals surface area contributed by atoms with Crippen LogP contribution in [0.15, 0.2) is 52.3 Å². The number of carbonyl (C=O) groups is 1. The number of carbonyl (C=O) groups excluding carboxylic acids is 1. The molecule has 1 atom stereocenters. The van der Waals surface area contributed by atoms with Gasteiger partial charge >= 0.3 is 0 Å². The van der Waals surface area contributed by atoms with Crippen LogP contribution in [0.1, 0.15) is 38.1 Å². The first-order valence-corrected chi connectivity index (χ1v) is 10.6. The zero-order valence-corrected chi connectivity index (χ0v) is 17.5. The molecule has 0 bridgehead atoms. The van der Waals surface area contributed by atoms with Crippen LogP contribution in [0.25, 0.3) is 0 Å². The van der Waals surface area contributed by atoms with E-state index < -0.39 is 0 Å². The number of hydrogen-bond donors (Lipinski definition) is 1. The molecule has 0 unspecified atom stereocenters. The van der Waals surface area contributed by atoms with Crippen molar-refractivity contribution in [1.29, 1.82) is 0 Å². The molecule has 4 nitrogen and oxygen atoms in total. The highest BCUT2D eigenvalue weighted by Gasteiger charge is 2.28. The molecule has 1 amide bonds. The van der Waals surface area contributed by atoms with Gasteiger partial charge in [-0.1, -0.05) is 37.7 Å². The molecule has 3 rings (SSSR count). The number of anilines is 2. The molecule has 0 fully saturated rings. The molecule has 0 aromatic heterocycles. The predicted octanol–water partition coefficient (Wildman–Crippen LogP) is 4.77. The first kappa shape index (κ1) is 19.8. The summed E-state index contributed by atoms with van der Waals surface area (Å²) in [5.41, 5.74) is 3.07. The van der Waals surface area contributed by atoms with Crippen LogP contribution in [-0.4, -0.2) is 43.0 Å². The standard InChI is InChI=1S/C22H29N3OS/c1-5-23-22(26)17-12-13-21-19(14-17)25(16(4)15-24(6-2)7-3)18-10-8-9-11-20(18)27-21/h8-14,16H,5-7,15H2,1-4H3,(H,23,26)/t16-/m1/s1. The zero-order valence-electron chi connectivity index (χ0n) is 16.7. The van der Waals surface area contributed by atoms with E-state index in [4.69, 9.17) is 0 Å². The maximum absolute atomic E-state index is 12.4. The third-order valence-electron chi connectivity index (χ3n) is 5.02. The molecule has 0 saturated carbocycles. The van der Waals surface area contributed by atoms with E-state index in [1.54, 1.807) is 11.8 Å². The van der Waals surface area contributed by atoms with Gasteiger partial charge in [-0.25, -0.2) is 0 Å². The summed E-state index contributed by atoms with van der Waals surface area (Å²) in [6.07, 6.45) is 0. The van der Waals surface area contributed by atoms with E-state index in [1.807, 2.05) is 19.1 Å². The van der Waals surface area contributed by atoms with Crippen molar-refractivity contribution < 1.29 is 4.79 Å². The van der Waals surface area contributed by atoms with Gasteiger partial charge in [0, 0.05) is 34.5 Å². The van der Waals surface area contributed by atoms with Crippen LogP contribution in [0.2, 0.25) is 0 Å². The van der Waals surface area contributed by atoms with Crippen molar-refractivity contribution >= 4 is 29.0 Å². The number of para-hydroxylation sites is 1. The fourth-order valence-corrected chi connectivity index (χ4v) is 4.65. The number of rotatable bonds is 7. The second kappa shape index (κ2) is 8.81. The lowest BCUT2D eigenvalue weighted by Crippen LogP contribution is -2.41. The number of benzene rings is 2. The average molecular weight is 384 g/mol. The molecule has 144 valence electrons. The van der Waals surface area contributed by atoms with Crippen molar-refractivity contribution in [2.45, 2.75) is 43.5 Å². The lowest BCUT2D eigenvalue weighted by molar-refractivity contribution is 0.0956. The highest BCUT2D eigenvalue weighted by atomic mass is 32.2. The Kier molecular flexibility index (Phi) is 6.45. The molecule has 1 N–H and O–H groups in total. The number of likely N-dealkylation sites (N-methyl/N-ethyl adjacent to an activating group) is 1. The minimum Gasteiger partial charge on any atom is -0.352 e.